The lowest BCUT2D eigenvalue weighted by Gasteiger charge is -2.23. The Bertz CT molecular complexity index is 269. The van der Waals surface area contributed by atoms with Crippen LogP contribution in [0.2, 0.25) is 0 Å². The lowest BCUT2D eigenvalue weighted by Crippen LogP contribution is -2.27. The van der Waals surface area contributed by atoms with Gasteiger partial charge in [0.05, 0.1) is 0 Å². The van der Waals surface area contributed by atoms with Gasteiger partial charge in [0.25, 0.3) is 0 Å². The molecule has 2 nitrogen and oxygen atoms in total. The molecule has 1 atom stereocenters. The minimum absolute atomic E-state index is 0.333. The second-order valence-electron chi connectivity index (χ2n) is 3.63. The molecule has 0 saturated carbocycles. The molecule has 13 heavy (non-hydrogen) atoms. The van der Waals surface area contributed by atoms with Crippen LogP contribution in [0.5, 0.6) is 0 Å². The first-order valence-electron chi connectivity index (χ1n) is 4.58. The Hall–Kier alpha value is -0.860. The first-order chi connectivity index (χ1) is 6.15. The van der Waals surface area contributed by atoms with Crippen molar-refractivity contribution in [3.05, 3.63) is 35.4 Å². The first-order valence-corrected chi connectivity index (χ1v) is 4.58. The summed E-state index contributed by atoms with van der Waals surface area (Å²) in [6, 6.07) is 8.84. The Morgan fingerprint density at radius 2 is 2.08 bits per heavy atom. The maximum Gasteiger partial charge on any atom is 0.0464 e. The van der Waals surface area contributed by atoms with E-state index in [-0.39, 0.29) is 0 Å². The fraction of sp³-hybridized carbons (Fsp3) is 0.455. The summed E-state index contributed by atoms with van der Waals surface area (Å²) in [5, 5.41) is 0. The third kappa shape index (κ3) is 2.54. The van der Waals surface area contributed by atoms with E-state index in [0.717, 1.165) is 0 Å². The molecular formula is C11H18N2. The smallest absolute Gasteiger partial charge is 0.0464 e. The maximum atomic E-state index is 5.71. The molecule has 0 bridgehead atoms. The van der Waals surface area contributed by atoms with Crippen molar-refractivity contribution in [1.82, 2.24) is 4.90 Å². The fourth-order valence-corrected chi connectivity index (χ4v) is 1.52. The van der Waals surface area contributed by atoms with Crippen LogP contribution in [0.3, 0.4) is 0 Å². The number of likely N-dealkylation sites (N-methyl/N-ethyl adjacent to an activating group) is 1. The molecule has 0 spiro atoms. The molecule has 0 aliphatic carbocycles. The van der Waals surface area contributed by atoms with Crippen LogP contribution in [0.25, 0.3) is 0 Å². The highest BCUT2D eigenvalue weighted by atomic mass is 15.1. The van der Waals surface area contributed by atoms with Crippen molar-refractivity contribution in [1.29, 1.82) is 0 Å². The molecule has 2 heteroatoms. The molecule has 0 aromatic heterocycles. The molecule has 2 N–H and O–H groups in total. The molecule has 0 amide bonds. The standard InChI is InChI=1S/C11H18N2/c1-9-5-4-6-10(7-9)11(8-12)13(2)3/h4-7,11H,8,12H2,1-3H3/t11-/m0/s1. The van der Waals surface area contributed by atoms with E-state index in [1.807, 2.05) is 0 Å². The summed E-state index contributed by atoms with van der Waals surface area (Å²) in [7, 11) is 4.11. The second-order valence-corrected chi connectivity index (χ2v) is 3.63. The number of rotatable bonds is 3. The van der Waals surface area contributed by atoms with Crippen LogP contribution in [0.1, 0.15) is 17.2 Å². The molecule has 1 aromatic carbocycles. The molecule has 0 saturated heterocycles. The van der Waals surface area contributed by atoms with Crippen LogP contribution in [0.15, 0.2) is 24.3 Å². The van der Waals surface area contributed by atoms with Gasteiger partial charge in [0, 0.05) is 12.6 Å². The topological polar surface area (TPSA) is 29.3 Å². The molecule has 0 heterocycles. The Labute approximate surface area is 80.4 Å². The Kier molecular flexibility index (Phi) is 3.46. The highest BCUT2D eigenvalue weighted by Crippen LogP contribution is 2.17. The SMILES string of the molecule is Cc1cccc([C@H](CN)N(C)C)c1. The monoisotopic (exact) mass is 178 g/mol. The highest BCUT2D eigenvalue weighted by Gasteiger charge is 2.10. The van der Waals surface area contributed by atoms with Gasteiger partial charge in [-0.15, -0.1) is 0 Å². The molecule has 1 aromatic rings. The number of nitrogens with zero attached hydrogens (tertiary/aromatic N) is 1. The quantitative estimate of drug-likeness (QED) is 0.761. The van der Waals surface area contributed by atoms with E-state index in [1.165, 1.54) is 11.1 Å². The number of hydrogen-bond acceptors (Lipinski definition) is 2. The largest absolute Gasteiger partial charge is 0.329 e. The van der Waals surface area contributed by atoms with Crippen molar-refractivity contribution in [3.8, 4) is 0 Å². The van der Waals surface area contributed by atoms with Crippen molar-refractivity contribution < 1.29 is 0 Å². The van der Waals surface area contributed by atoms with Gasteiger partial charge >= 0.3 is 0 Å². The maximum absolute atomic E-state index is 5.71. The van der Waals surface area contributed by atoms with Gasteiger partial charge in [-0.05, 0) is 26.6 Å². The van der Waals surface area contributed by atoms with Gasteiger partial charge in [0.2, 0.25) is 0 Å². The Balaban J connectivity index is 2.91. The number of benzene rings is 1. The Morgan fingerprint density at radius 3 is 2.54 bits per heavy atom. The van der Waals surface area contributed by atoms with Gasteiger partial charge in [-0.3, -0.25) is 0 Å². The van der Waals surface area contributed by atoms with Gasteiger partial charge in [0.1, 0.15) is 0 Å². The third-order valence-electron chi connectivity index (χ3n) is 2.27. The average Bonchev–Trinajstić information content (AvgIpc) is 2.04. The molecule has 72 valence electrons. The second kappa shape index (κ2) is 4.40. The minimum Gasteiger partial charge on any atom is -0.329 e. The predicted molar refractivity (Wildman–Crippen MR) is 56.7 cm³/mol. The van der Waals surface area contributed by atoms with Gasteiger partial charge in [-0.25, -0.2) is 0 Å². The van der Waals surface area contributed by atoms with Crippen LogP contribution in [-0.4, -0.2) is 25.5 Å². The summed E-state index contributed by atoms with van der Waals surface area (Å²) in [5.41, 5.74) is 8.30. The number of aryl methyl sites for hydroxylation is 1. The predicted octanol–water partition coefficient (Wildman–Crippen LogP) is 1.56. The van der Waals surface area contributed by atoms with E-state index in [4.69, 9.17) is 5.73 Å². The van der Waals surface area contributed by atoms with Crippen molar-refractivity contribution in [3.63, 3.8) is 0 Å². The zero-order valence-electron chi connectivity index (χ0n) is 8.62. The molecule has 0 aliphatic heterocycles. The first kappa shape index (κ1) is 10.2. The van der Waals surface area contributed by atoms with Crippen molar-refractivity contribution >= 4 is 0 Å². The summed E-state index contributed by atoms with van der Waals surface area (Å²) in [4.78, 5) is 2.15. The molecule has 0 aliphatic rings. The lowest BCUT2D eigenvalue weighted by atomic mass is 10.0. The fourth-order valence-electron chi connectivity index (χ4n) is 1.52. The molecular weight excluding hydrogens is 160 g/mol. The van der Waals surface area contributed by atoms with Crippen LogP contribution in [-0.2, 0) is 0 Å². The molecule has 0 unspecified atom stereocenters. The number of nitrogens with two attached hydrogens (primary N) is 1. The van der Waals surface area contributed by atoms with E-state index in [9.17, 15) is 0 Å². The summed E-state index contributed by atoms with van der Waals surface area (Å²) in [5.74, 6) is 0. The zero-order valence-corrected chi connectivity index (χ0v) is 8.62. The molecule has 1 rings (SSSR count). The van der Waals surface area contributed by atoms with Crippen molar-refractivity contribution in [2.45, 2.75) is 13.0 Å². The summed E-state index contributed by atoms with van der Waals surface area (Å²) in [6.07, 6.45) is 0. The summed E-state index contributed by atoms with van der Waals surface area (Å²) >= 11 is 0. The summed E-state index contributed by atoms with van der Waals surface area (Å²) in [6.45, 7) is 2.77. The lowest BCUT2D eigenvalue weighted by molar-refractivity contribution is 0.306. The van der Waals surface area contributed by atoms with Crippen LogP contribution < -0.4 is 5.73 Å². The van der Waals surface area contributed by atoms with E-state index in [2.05, 4.69) is 50.2 Å². The van der Waals surface area contributed by atoms with Gasteiger partial charge in [-0.2, -0.15) is 0 Å². The minimum atomic E-state index is 0.333. The average molecular weight is 178 g/mol. The normalized spacial score (nSPS) is 13.3. The van der Waals surface area contributed by atoms with E-state index in [1.54, 1.807) is 0 Å². The Morgan fingerprint density at radius 1 is 1.38 bits per heavy atom. The molecule has 0 radical (unpaired) electrons. The van der Waals surface area contributed by atoms with E-state index >= 15 is 0 Å². The highest BCUT2D eigenvalue weighted by molar-refractivity contribution is 5.25. The van der Waals surface area contributed by atoms with Gasteiger partial charge in [0.15, 0.2) is 0 Å². The van der Waals surface area contributed by atoms with Crippen molar-refractivity contribution in [2.75, 3.05) is 20.6 Å². The molecule has 0 fully saturated rings. The third-order valence-corrected chi connectivity index (χ3v) is 2.27. The van der Waals surface area contributed by atoms with Crippen LogP contribution >= 0.6 is 0 Å². The number of hydrogen-bond donors (Lipinski definition) is 1. The van der Waals surface area contributed by atoms with Crippen LogP contribution in [0.4, 0.5) is 0 Å². The summed E-state index contributed by atoms with van der Waals surface area (Å²) < 4.78 is 0. The van der Waals surface area contributed by atoms with E-state index in [0.29, 0.717) is 12.6 Å². The van der Waals surface area contributed by atoms with Gasteiger partial charge in [-0.1, -0.05) is 29.8 Å². The van der Waals surface area contributed by atoms with Crippen molar-refractivity contribution in [2.24, 2.45) is 5.73 Å². The zero-order chi connectivity index (χ0) is 9.84. The van der Waals surface area contributed by atoms with Crippen LogP contribution in [0, 0.1) is 6.92 Å². The van der Waals surface area contributed by atoms with E-state index < -0.39 is 0 Å². The van der Waals surface area contributed by atoms with Gasteiger partial charge < -0.3 is 10.6 Å².